The molecule has 1 heterocycles. The summed E-state index contributed by atoms with van der Waals surface area (Å²) in [6, 6.07) is 0. The third-order valence-corrected chi connectivity index (χ3v) is 1.97. The highest BCUT2D eigenvalue weighted by Crippen LogP contribution is 2.05. The van der Waals surface area contributed by atoms with Crippen molar-refractivity contribution in [2.24, 2.45) is 0 Å². The van der Waals surface area contributed by atoms with E-state index >= 15 is 0 Å². The fourth-order valence-corrected chi connectivity index (χ4v) is 1.09. The monoisotopic (exact) mass is 183 g/mol. The Balaban J connectivity index is 2.78. The number of nitrogens with zero attached hydrogens (tertiary/aromatic N) is 2. The molecule has 1 aromatic rings. The smallest absolute Gasteiger partial charge is 0.293 e. The van der Waals surface area contributed by atoms with Crippen molar-refractivity contribution in [2.45, 2.75) is 46.1 Å². The number of aryl methyl sites for hydroxylation is 1. The molecule has 1 aromatic heterocycles. The lowest BCUT2D eigenvalue weighted by molar-refractivity contribution is 0.547. The number of rotatable bonds is 4. The molecule has 4 nitrogen and oxygen atoms in total. The van der Waals surface area contributed by atoms with Crippen molar-refractivity contribution < 1.29 is 0 Å². The highest BCUT2D eigenvalue weighted by molar-refractivity contribution is 4.88. The molecule has 0 saturated carbocycles. The number of aromatic nitrogens is 3. The first-order valence-corrected chi connectivity index (χ1v) is 4.82. The number of hydrogen-bond donors (Lipinski definition) is 1. The molecule has 1 N–H and O–H groups in total. The van der Waals surface area contributed by atoms with Crippen LogP contribution in [0.15, 0.2) is 4.79 Å². The predicted molar refractivity (Wildman–Crippen MR) is 51.8 cm³/mol. The molecular weight excluding hydrogens is 166 g/mol. The summed E-state index contributed by atoms with van der Waals surface area (Å²) in [4.78, 5) is 14.0. The molecule has 0 aliphatic heterocycles. The van der Waals surface area contributed by atoms with Gasteiger partial charge in [-0.05, 0) is 6.42 Å². The molecule has 74 valence electrons. The molecule has 0 spiro atoms. The van der Waals surface area contributed by atoms with Crippen molar-refractivity contribution >= 4 is 0 Å². The third kappa shape index (κ3) is 2.44. The Bertz CT molecular complexity index is 311. The highest BCUT2D eigenvalue weighted by atomic mass is 16.1. The summed E-state index contributed by atoms with van der Waals surface area (Å²) < 4.78 is 1.51. The van der Waals surface area contributed by atoms with Crippen molar-refractivity contribution in [3.8, 4) is 0 Å². The lowest BCUT2D eigenvalue weighted by Gasteiger charge is -1.97. The fraction of sp³-hybridized carbons (Fsp3) is 0.778. The summed E-state index contributed by atoms with van der Waals surface area (Å²) >= 11 is 0. The first-order chi connectivity index (χ1) is 6.15. The zero-order valence-corrected chi connectivity index (χ0v) is 8.50. The van der Waals surface area contributed by atoms with Crippen LogP contribution in [0.3, 0.4) is 0 Å². The van der Waals surface area contributed by atoms with Gasteiger partial charge in [0.2, 0.25) is 0 Å². The van der Waals surface area contributed by atoms with Crippen LogP contribution in [0.1, 0.15) is 45.4 Å². The maximum absolute atomic E-state index is 11.3. The van der Waals surface area contributed by atoms with Gasteiger partial charge >= 0.3 is 5.69 Å². The van der Waals surface area contributed by atoms with Crippen molar-refractivity contribution in [2.75, 3.05) is 0 Å². The SMILES string of the molecule is CCCCn1nc(C(C)C)[nH]c1=O. The third-order valence-electron chi connectivity index (χ3n) is 1.97. The van der Waals surface area contributed by atoms with E-state index in [0.29, 0.717) is 0 Å². The Hall–Kier alpha value is -1.06. The molecule has 0 fully saturated rings. The standard InChI is InChI=1S/C9H17N3O/c1-4-5-6-12-9(13)10-8(11-12)7(2)3/h7H,4-6H2,1-3H3,(H,10,11,13). The van der Waals surface area contributed by atoms with Crippen LogP contribution in [0.2, 0.25) is 0 Å². The van der Waals surface area contributed by atoms with Gasteiger partial charge < -0.3 is 0 Å². The van der Waals surface area contributed by atoms with Crippen LogP contribution >= 0.6 is 0 Å². The summed E-state index contributed by atoms with van der Waals surface area (Å²) in [5, 5.41) is 4.20. The second-order valence-electron chi connectivity index (χ2n) is 3.55. The summed E-state index contributed by atoms with van der Waals surface area (Å²) in [7, 11) is 0. The summed E-state index contributed by atoms with van der Waals surface area (Å²) in [6.07, 6.45) is 2.08. The summed E-state index contributed by atoms with van der Waals surface area (Å²) in [5.41, 5.74) is -0.0860. The molecule has 13 heavy (non-hydrogen) atoms. The average Bonchev–Trinajstić information content (AvgIpc) is 2.44. The number of H-pyrrole nitrogens is 1. The van der Waals surface area contributed by atoms with Gasteiger partial charge in [0.15, 0.2) is 0 Å². The Morgan fingerprint density at radius 3 is 2.69 bits per heavy atom. The van der Waals surface area contributed by atoms with Crippen LogP contribution in [0.4, 0.5) is 0 Å². The summed E-state index contributed by atoms with van der Waals surface area (Å²) in [5.74, 6) is 1.07. The van der Waals surface area contributed by atoms with Gasteiger partial charge in [-0.25, -0.2) is 9.48 Å². The van der Waals surface area contributed by atoms with E-state index in [2.05, 4.69) is 17.0 Å². The van der Waals surface area contributed by atoms with E-state index in [4.69, 9.17) is 0 Å². The number of unbranched alkanes of at least 4 members (excludes halogenated alkanes) is 1. The highest BCUT2D eigenvalue weighted by Gasteiger charge is 2.06. The van der Waals surface area contributed by atoms with Crippen LogP contribution in [0.5, 0.6) is 0 Å². The minimum Gasteiger partial charge on any atom is -0.293 e. The maximum Gasteiger partial charge on any atom is 0.343 e. The molecule has 0 unspecified atom stereocenters. The van der Waals surface area contributed by atoms with Crippen LogP contribution in [0.25, 0.3) is 0 Å². The fourth-order valence-electron chi connectivity index (χ4n) is 1.09. The first kappa shape index (κ1) is 10.0. The second-order valence-corrected chi connectivity index (χ2v) is 3.55. The Morgan fingerprint density at radius 2 is 2.23 bits per heavy atom. The number of nitrogens with one attached hydrogen (secondary N) is 1. The van der Waals surface area contributed by atoms with Crippen molar-refractivity contribution in [3.63, 3.8) is 0 Å². The van der Waals surface area contributed by atoms with E-state index in [1.807, 2.05) is 13.8 Å². The van der Waals surface area contributed by atoms with Crippen molar-refractivity contribution in [1.29, 1.82) is 0 Å². The molecule has 1 rings (SSSR count). The molecule has 4 heteroatoms. The topological polar surface area (TPSA) is 50.7 Å². The van der Waals surface area contributed by atoms with Crippen molar-refractivity contribution in [3.05, 3.63) is 16.3 Å². The molecule has 0 aliphatic carbocycles. The van der Waals surface area contributed by atoms with Gasteiger partial charge in [-0.1, -0.05) is 27.2 Å². The van der Waals surface area contributed by atoms with E-state index < -0.39 is 0 Å². The van der Waals surface area contributed by atoms with Crippen LogP contribution < -0.4 is 5.69 Å². The Kier molecular flexibility index (Phi) is 3.28. The van der Waals surface area contributed by atoms with Gasteiger partial charge in [0.05, 0.1) is 0 Å². The number of hydrogen-bond acceptors (Lipinski definition) is 2. The maximum atomic E-state index is 11.3. The van der Waals surface area contributed by atoms with Gasteiger partial charge in [-0.2, -0.15) is 5.10 Å². The minimum atomic E-state index is -0.0860. The van der Waals surface area contributed by atoms with E-state index in [1.165, 1.54) is 4.68 Å². The van der Waals surface area contributed by atoms with Gasteiger partial charge in [-0.15, -0.1) is 0 Å². The Labute approximate surface area is 78.0 Å². The van der Waals surface area contributed by atoms with Crippen LogP contribution in [-0.2, 0) is 6.54 Å². The molecule has 0 radical (unpaired) electrons. The lowest BCUT2D eigenvalue weighted by atomic mass is 10.2. The van der Waals surface area contributed by atoms with Crippen molar-refractivity contribution in [1.82, 2.24) is 14.8 Å². The van der Waals surface area contributed by atoms with Crippen LogP contribution in [-0.4, -0.2) is 14.8 Å². The Morgan fingerprint density at radius 1 is 1.54 bits per heavy atom. The van der Waals surface area contributed by atoms with E-state index in [1.54, 1.807) is 0 Å². The average molecular weight is 183 g/mol. The number of aromatic amines is 1. The second kappa shape index (κ2) is 4.25. The largest absolute Gasteiger partial charge is 0.343 e. The molecule has 0 aromatic carbocycles. The molecule has 0 saturated heterocycles. The lowest BCUT2D eigenvalue weighted by Crippen LogP contribution is -2.17. The van der Waals surface area contributed by atoms with E-state index in [0.717, 1.165) is 25.2 Å². The van der Waals surface area contributed by atoms with Gasteiger partial charge in [0, 0.05) is 12.5 Å². The molecular formula is C9H17N3O. The molecule has 0 bridgehead atoms. The van der Waals surface area contributed by atoms with E-state index in [9.17, 15) is 4.79 Å². The van der Waals surface area contributed by atoms with Gasteiger partial charge in [-0.3, -0.25) is 4.98 Å². The van der Waals surface area contributed by atoms with Gasteiger partial charge in [0.25, 0.3) is 0 Å². The predicted octanol–water partition coefficient (Wildman–Crippen LogP) is 1.49. The zero-order valence-electron chi connectivity index (χ0n) is 8.50. The normalized spacial score (nSPS) is 11.1. The van der Waals surface area contributed by atoms with Gasteiger partial charge in [0.1, 0.15) is 5.82 Å². The zero-order chi connectivity index (χ0) is 9.84. The molecule has 0 aliphatic rings. The molecule has 0 atom stereocenters. The van der Waals surface area contributed by atoms with Crippen LogP contribution in [0, 0.1) is 0 Å². The first-order valence-electron chi connectivity index (χ1n) is 4.82. The minimum absolute atomic E-state index is 0.0860. The summed E-state index contributed by atoms with van der Waals surface area (Å²) in [6.45, 7) is 6.85. The molecule has 0 amide bonds. The van der Waals surface area contributed by atoms with E-state index in [-0.39, 0.29) is 11.6 Å². The quantitative estimate of drug-likeness (QED) is 0.769.